The number of hydrogen-bond acceptors (Lipinski definition) is 3. The molecule has 0 atom stereocenters. The van der Waals surface area contributed by atoms with Crippen LogP contribution in [-0.2, 0) is 9.53 Å². The second-order valence-electron chi connectivity index (χ2n) is 2.75. The largest absolute Gasteiger partial charge is 0.508 e. The molecule has 1 rings (SSSR count). The van der Waals surface area contributed by atoms with E-state index in [0.717, 1.165) is 0 Å². The van der Waals surface area contributed by atoms with Crippen LogP contribution >= 0.6 is 0 Å². The van der Waals surface area contributed by atoms with Crippen molar-refractivity contribution in [2.75, 3.05) is 6.61 Å². The zero-order chi connectivity index (χ0) is 10.9. The van der Waals surface area contributed by atoms with Gasteiger partial charge >= 0.3 is 5.97 Å². The van der Waals surface area contributed by atoms with Crippen LogP contribution in [0.5, 0.6) is 0 Å². The standard InChI is InChI=1S/C12H12O3/c13-11-7-5-3-1-2-4-6-8-12(14)15-10-9-11/h1-9,13H,10H2/b3-1-,4-2-,7-5+,8-6-,11-9+. The summed E-state index contributed by atoms with van der Waals surface area (Å²) < 4.78 is 4.78. The first-order valence-corrected chi connectivity index (χ1v) is 4.53. The maximum atomic E-state index is 11.0. The molecular formula is C12H12O3. The van der Waals surface area contributed by atoms with E-state index in [9.17, 15) is 9.90 Å². The molecule has 0 aromatic carbocycles. The molecule has 0 aromatic rings. The first-order valence-electron chi connectivity index (χ1n) is 4.53. The molecule has 3 heteroatoms. The molecule has 3 nitrogen and oxygen atoms in total. The SMILES string of the molecule is O=C1\C=C/C=C\C=C/C=C/C(O)=C\CO1. The molecule has 0 fully saturated rings. The summed E-state index contributed by atoms with van der Waals surface area (Å²) in [7, 11) is 0. The third-order valence-corrected chi connectivity index (χ3v) is 1.57. The van der Waals surface area contributed by atoms with E-state index in [1.165, 1.54) is 18.2 Å². The van der Waals surface area contributed by atoms with Crippen molar-refractivity contribution in [3.63, 3.8) is 0 Å². The summed E-state index contributed by atoms with van der Waals surface area (Å²) in [5, 5.41) is 9.26. The zero-order valence-electron chi connectivity index (χ0n) is 8.17. The van der Waals surface area contributed by atoms with Gasteiger partial charge in [-0.2, -0.15) is 0 Å². The van der Waals surface area contributed by atoms with Gasteiger partial charge in [0.2, 0.25) is 0 Å². The van der Waals surface area contributed by atoms with Crippen LogP contribution in [0.25, 0.3) is 0 Å². The summed E-state index contributed by atoms with van der Waals surface area (Å²) in [6.07, 6.45) is 14.6. The number of carbonyl (C=O) groups is 1. The highest BCUT2D eigenvalue weighted by atomic mass is 16.5. The lowest BCUT2D eigenvalue weighted by Gasteiger charge is -1.96. The van der Waals surface area contributed by atoms with Gasteiger partial charge in [0.05, 0.1) is 0 Å². The molecule has 1 heterocycles. The monoisotopic (exact) mass is 204 g/mol. The Labute approximate surface area is 88.4 Å². The highest BCUT2D eigenvalue weighted by molar-refractivity contribution is 5.82. The fourth-order valence-electron chi connectivity index (χ4n) is 0.870. The van der Waals surface area contributed by atoms with E-state index < -0.39 is 5.97 Å². The Balaban J connectivity index is 2.74. The number of aliphatic hydroxyl groups is 1. The van der Waals surface area contributed by atoms with Gasteiger partial charge in [0.15, 0.2) is 0 Å². The predicted molar refractivity (Wildman–Crippen MR) is 58.2 cm³/mol. The van der Waals surface area contributed by atoms with E-state index in [-0.39, 0.29) is 12.4 Å². The van der Waals surface area contributed by atoms with Crippen LogP contribution < -0.4 is 0 Å². The third-order valence-electron chi connectivity index (χ3n) is 1.57. The molecule has 0 radical (unpaired) electrons. The van der Waals surface area contributed by atoms with E-state index in [4.69, 9.17) is 4.74 Å². The average Bonchev–Trinajstić information content (AvgIpc) is 2.22. The van der Waals surface area contributed by atoms with Crippen molar-refractivity contribution in [1.82, 2.24) is 0 Å². The molecule has 0 saturated carbocycles. The summed E-state index contributed by atoms with van der Waals surface area (Å²) in [4.78, 5) is 11.0. The fourth-order valence-corrected chi connectivity index (χ4v) is 0.870. The molecule has 0 aliphatic carbocycles. The minimum Gasteiger partial charge on any atom is -0.508 e. The molecule has 0 saturated heterocycles. The number of cyclic esters (lactones) is 1. The number of carbonyl (C=O) groups excluding carboxylic acids is 1. The number of aliphatic hydroxyl groups excluding tert-OH is 1. The Bertz CT molecular complexity index is 357. The zero-order valence-corrected chi connectivity index (χ0v) is 8.17. The first kappa shape index (κ1) is 11.0. The van der Waals surface area contributed by atoms with Crippen LogP contribution in [0.3, 0.4) is 0 Å². The maximum absolute atomic E-state index is 11.0. The molecule has 0 amide bonds. The van der Waals surface area contributed by atoms with Gasteiger partial charge in [-0.05, 0) is 12.2 Å². The van der Waals surface area contributed by atoms with E-state index in [0.29, 0.717) is 0 Å². The molecule has 15 heavy (non-hydrogen) atoms. The van der Waals surface area contributed by atoms with Crippen molar-refractivity contribution in [2.24, 2.45) is 0 Å². The topological polar surface area (TPSA) is 46.5 Å². The summed E-state index contributed by atoms with van der Waals surface area (Å²) >= 11 is 0. The number of esters is 1. The number of ether oxygens (including phenoxy) is 1. The minimum atomic E-state index is -0.434. The number of hydrogen-bond donors (Lipinski definition) is 1. The highest BCUT2D eigenvalue weighted by Crippen LogP contribution is 1.94. The summed E-state index contributed by atoms with van der Waals surface area (Å²) in [6, 6.07) is 0. The van der Waals surface area contributed by atoms with Crippen LogP contribution in [0.4, 0.5) is 0 Å². The van der Waals surface area contributed by atoms with Gasteiger partial charge in [-0.1, -0.05) is 36.5 Å². The molecule has 1 aliphatic rings. The molecule has 0 bridgehead atoms. The molecule has 0 aromatic heterocycles. The quantitative estimate of drug-likeness (QED) is 0.615. The molecule has 1 N–H and O–H groups in total. The van der Waals surface area contributed by atoms with Gasteiger partial charge in [-0.3, -0.25) is 0 Å². The lowest BCUT2D eigenvalue weighted by atomic mass is 10.3. The summed E-state index contributed by atoms with van der Waals surface area (Å²) in [5.74, 6) is -0.365. The molecule has 0 unspecified atom stereocenters. The lowest BCUT2D eigenvalue weighted by molar-refractivity contribution is -0.136. The van der Waals surface area contributed by atoms with Gasteiger partial charge in [-0.25, -0.2) is 4.79 Å². The van der Waals surface area contributed by atoms with Crippen molar-refractivity contribution in [3.05, 3.63) is 60.4 Å². The van der Waals surface area contributed by atoms with Crippen molar-refractivity contribution in [2.45, 2.75) is 0 Å². The third kappa shape index (κ3) is 5.31. The second kappa shape index (κ2) is 6.43. The Morgan fingerprint density at radius 1 is 1.00 bits per heavy atom. The van der Waals surface area contributed by atoms with E-state index in [2.05, 4.69) is 0 Å². The Morgan fingerprint density at radius 2 is 1.60 bits per heavy atom. The van der Waals surface area contributed by atoms with Crippen molar-refractivity contribution < 1.29 is 14.6 Å². The fraction of sp³-hybridized carbons (Fsp3) is 0.0833. The van der Waals surface area contributed by atoms with Crippen molar-refractivity contribution in [3.8, 4) is 0 Å². The summed E-state index contributed by atoms with van der Waals surface area (Å²) in [6.45, 7) is 0.0623. The van der Waals surface area contributed by atoms with E-state index >= 15 is 0 Å². The molecule has 0 spiro atoms. The van der Waals surface area contributed by atoms with Crippen LogP contribution in [0.2, 0.25) is 0 Å². The molecule has 78 valence electrons. The Kier molecular flexibility index (Phi) is 4.73. The van der Waals surface area contributed by atoms with Crippen LogP contribution in [0, 0.1) is 0 Å². The number of rotatable bonds is 0. The normalized spacial score (nSPS) is 29.3. The molecule has 1 aliphatic heterocycles. The van der Waals surface area contributed by atoms with E-state index in [1.54, 1.807) is 36.5 Å². The predicted octanol–water partition coefficient (Wildman–Crippen LogP) is 2.21. The van der Waals surface area contributed by atoms with Crippen LogP contribution in [0.1, 0.15) is 0 Å². The summed E-state index contributed by atoms with van der Waals surface area (Å²) in [5.41, 5.74) is 0. The van der Waals surface area contributed by atoms with Crippen molar-refractivity contribution >= 4 is 5.97 Å². The van der Waals surface area contributed by atoms with Gasteiger partial charge in [0.25, 0.3) is 0 Å². The minimum absolute atomic E-state index is 0.0623. The molecular weight excluding hydrogens is 192 g/mol. The Morgan fingerprint density at radius 3 is 2.33 bits per heavy atom. The van der Waals surface area contributed by atoms with Crippen LogP contribution in [-0.4, -0.2) is 17.7 Å². The van der Waals surface area contributed by atoms with Crippen molar-refractivity contribution in [1.29, 1.82) is 0 Å². The Hall–Kier alpha value is -2.03. The van der Waals surface area contributed by atoms with Gasteiger partial charge in [-0.15, -0.1) is 0 Å². The smallest absolute Gasteiger partial charge is 0.331 e. The lowest BCUT2D eigenvalue weighted by Crippen LogP contribution is -2.00. The first-order chi connectivity index (χ1) is 7.29. The van der Waals surface area contributed by atoms with Gasteiger partial charge in [0, 0.05) is 6.08 Å². The van der Waals surface area contributed by atoms with Crippen LogP contribution in [0.15, 0.2) is 60.4 Å². The number of allylic oxidation sites excluding steroid dienone is 7. The average molecular weight is 204 g/mol. The maximum Gasteiger partial charge on any atom is 0.331 e. The second-order valence-corrected chi connectivity index (χ2v) is 2.75. The van der Waals surface area contributed by atoms with E-state index in [1.807, 2.05) is 0 Å². The van der Waals surface area contributed by atoms with Gasteiger partial charge < -0.3 is 9.84 Å². The highest BCUT2D eigenvalue weighted by Gasteiger charge is 1.93. The van der Waals surface area contributed by atoms with Gasteiger partial charge in [0.1, 0.15) is 12.4 Å².